The molecule has 0 unspecified atom stereocenters. The average molecular weight is 431 g/mol. The first-order valence-electron chi connectivity index (χ1n) is 10.1. The molecule has 3 aromatic carbocycles. The highest BCUT2D eigenvalue weighted by molar-refractivity contribution is 6.19. The number of hydrogen-bond donors (Lipinski definition) is 1. The van der Waals surface area contributed by atoms with Crippen molar-refractivity contribution < 1.29 is 18.7 Å². The first kappa shape index (κ1) is 21.2. The Balaban J connectivity index is 1.59. The normalized spacial score (nSPS) is 13.2. The molecule has 0 saturated carbocycles. The van der Waals surface area contributed by atoms with Crippen LogP contribution in [-0.2, 0) is 9.59 Å². The molecule has 0 atom stereocenters. The SMILES string of the molecule is COc1ccc(C2=Nc3ccccc3N(CC(=O)Nc3ccc(C)c(F)c3)C(=O)C2)cc1. The molecular weight excluding hydrogens is 409 g/mol. The number of nitrogens with zero attached hydrogens (tertiary/aromatic N) is 2. The van der Waals surface area contributed by atoms with E-state index < -0.39 is 11.7 Å². The van der Waals surface area contributed by atoms with E-state index in [1.165, 1.54) is 11.0 Å². The Morgan fingerprint density at radius 1 is 1.12 bits per heavy atom. The lowest BCUT2D eigenvalue weighted by molar-refractivity contribution is -0.120. The number of halogens is 1. The van der Waals surface area contributed by atoms with Crippen LogP contribution in [0.1, 0.15) is 17.5 Å². The van der Waals surface area contributed by atoms with Crippen LogP contribution in [0.5, 0.6) is 5.75 Å². The van der Waals surface area contributed by atoms with Gasteiger partial charge in [-0.1, -0.05) is 18.2 Å². The highest BCUT2D eigenvalue weighted by Gasteiger charge is 2.26. The van der Waals surface area contributed by atoms with Crippen molar-refractivity contribution >= 4 is 34.6 Å². The molecule has 0 bridgehead atoms. The molecule has 1 aliphatic heterocycles. The van der Waals surface area contributed by atoms with Crippen LogP contribution in [0.4, 0.5) is 21.5 Å². The van der Waals surface area contributed by atoms with Gasteiger partial charge in [0.05, 0.1) is 30.6 Å². The summed E-state index contributed by atoms with van der Waals surface area (Å²) >= 11 is 0. The molecule has 0 fully saturated rings. The van der Waals surface area contributed by atoms with Crippen molar-refractivity contribution in [2.45, 2.75) is 13.3 Å². The van der Waals surface area contributed by atoms with Crippen LogP contribution in [0, 0.1) is 12.7 Å². The number of aliphatic imine (C=N–C) groups is 1. The van der Waals surface area contributed by atoms with Crippen LogP contribution in [0.3, 0.4) is 0 Å². The molecule has 0 radical (unpaired) electrons. The van der Waals surface area contributed by atoms with Gasteiger partial charge in [0, 0.05) is 5.69 Å². The number of ether oxygens (including phenoxy) is 1. The summed E-state index contributed by atoms with van der Waals surface area (Å²) in [6, 6.07) is 19.0. The molecule has 1 aliphatic rings. The van der Waals surface area contributed by atoms with E-state index in [4.69, 9.17) is 9.73 Å². The molecule has 1 N–H and O–H groups in total. The third-order valence-electron chi connectivity index (χ3n) is 5.23. The maximum Gasteiger partial charge on any atom is 0.244 e. The Morgan fingerprint density at radius 2 is 1.88 bits per heavy atom. The van der Waals surface area contributed by atoms with Crippen molar-refractivity contribution in [3.05, 3.63) is 83.7 Å². The lowest BCUT2D eigenvalue weighted by atomic mass is 10.1. The quantitative estimate of drug-likeness (QED) is 0.640. The van der Waals surface area contributed by atoms with E-state index >= 15 is 0 Å². The lowest BCUT2D eigenvalue weighted by Crippen LogP contribution is -2.38. The minimum atomic E-state index is -0.427. The second-order valence-corrected chi connectivity index (χ2v) is 7.44. The van der Waals surface area contributed by atoms with Crippen LogP contribution >= 0.6 is 0 Å². The van der Waals surface area contributed by atoms with Crippen molar-refractivity contribution in [2.24, 2.45) is 4.99 Å². The standard InChI is InChI=1S/C25H22FN3O3/c1-16-7-10-18(13-20(16)26)27-24(30)15-29-23-6-4-3-5-21(23)28-22(14-25(29)31)17-8-11-19(32-2)12-9-17/h3-13H,14-15H2,1-2H3,(H,27,30). The number of anilines is 2. The first-order chi connectivity index (χ1) is 15.4. The maximum absolute atomic E-state index is 13.8. The fourth-order valence-corrected chi connectivity index (χ4v) is 3.48. The zero-order valence-corrected chi connectivity index (χ0v) is 17.8. The van der Waals surface area contributed by atoms with Gasteiger partial charge in [-0.25, -0.2) is 4.39 Å². The van der Waals surface area contributed by atoms with Crippen molar-refractivity contribution in [1.29, 1.82) is 0 Å². The number of nitrogens with one attached hydrogen (secondary N) is 1. The smallest absolute Gasteiger partial charge is 0.244 e. The predicted octanol–water partition coefficient (Wildman–Crippen LogP) is 4.64. The van der Waals surface area contributed by atoms with Gasteiger partial charge in [-0.15, -0.1) is 0 Å². The van der Waals surface area contributed by atoms with Crippen LogP contribution < -0.4 is 15.0 Å². The van der Waals surface area contributed by atoms with Gasteiger partial charge in [0.1, 0.15) is 18.1 Å². The summed E-state index contributed by atoms with van der Waals surface area (Å²) in [5.41, 5.74) is 3.38. The molecule has 3 aromatic rings. The Labute approximate surface area is 185 Å². The van der Waals surface area contributed by atoms with Gasteiger partial charge in [-0.05, 0) is 66.6 Å². The number of aryl methyl sites for hydroxylation is 1. The number of amides is 2. The second kappa shape index (κ2) is 9.01. The summed E-state index contributed by atoms with van der Waals surface area (Å²) in [4.78, 5) is 32.0. The summed E-state index contributed by atoms with van der Waals surface area (Å²) in [6.45, 7) is 1.44. The van der Waals surface area contributed by atoms with Gasteiger partial charge >= 0.3 is 0 Å². The Bertz CT molecular complexity index is 1210. The van der Waals surface area contributed by atoms with Crippen LogP contribution in [0.2, 0.25) is 0 Å². The van der Waals surface area contributed by atoms with Crippen molar-refractivity contribution in [3.63, 3.8) is 0 Å². The van der Waals surface area contributed by atoms with E-state index in [-0.39, 0.29) is 18.9 Å². The third kappa shape index (κ3) is 4.51. The van der Waals surface area contributed by atoms with E-state index in [0.717, 1.165) is 5.56 Å². The summed E-state index contributed by atoms with van der Waals surface area (Å²) in [6.07, 6.45) is 0.0352. The molecule has 0 aromatic heterocycles. The minimum Gasteiger partial charge on any atom is -0.497 e. The number of carbonyl (C=O) groups is 2. The highest BCUT2D eigenvalue weighted by atomic mass is 19.1. The number of para-hydroxylation sites is 2. The van der Waals surface area contributed by atoms with E-state index in [2.05, 4.69) is 5.32 Å². The molecular formula is C25H22FN3O3. The van der Waals surface area contributed by atoms with E-state index in [0.29, 0.717) is 34.1 Å². The fourth-order valence-electron chi connectivity index (χ4n) is 3.48. The van der Waals surface area contributed by atoms with E-state index in [1.807, 2.05) is 30.3 Å². The summed E-state index contributed by atoms with van der Waals surface area (Å²) in [5.74, 6) is -0.379. The molecule has 0 aliphatic carbocycles. The minimum absolute atomic E-state index is 0.0352. The zero-order chi connectivity index (χ0) is 22.7. The Morgan fingerprint density at radius 3 is 2.59 bits per heavy atom. The monoisotopic (exact) mass is 431 g/mol. The van der Waals surface area contributed by atoms with Crippen molar-refractivity contribution in [2.75, 3.05) is 23.9 Å². The molecule has 0 saturated heterocycles. The van der Waals surface area contributed by atoms with Gasteiger partial charge in [-0.3, -0.25) is 14.6 Å². The maximum atomic E-state index is 13.8. The number of benzene rings is 3. The summed E-state index contributed by atoms with van der Waals surface area (Å²) in [5, 5.41) is 2.66. The molecule has 4 rings (SSSR count). The predicted molar refractivity (Wildman–Crippen MR) is 122 cm³/mol. The average Bonchev–Trinajstić information content (AvgIpc) is 2.93. The molecule has 162 valence electrons. The van der Waals surface area contributed by atoms with Gasteiger partial charge in [0.25, 0.3) is 0 Å². The largest absolute Gasteiger partial charge is 0.497 e. The number of methoxy groups -OCH3 is 1. The molecule has 6 nitrogen and oxygen atoms in total. The van der Waals surface area contributed by atoms with E-state index in [9.17, 15) is 14.0 Å². The van der Waals surface area contributed by atoms with Gasteiger partial charge in [0.2, 0.25) is 11.8 Å². The fraction of sp³-hybridized carbons (Fsp3) is 0.160. The highest BCUT2D eigenvalue weighted by Crippen LogP contribution is 2.33. The van der Waals surface area contributed by atoms with Crippen molar-refractivity contribution in [3.8, 4) is 5.75 Å². The van der Waals surface area contributed by atoms with Crippen LogP contribution in [0.25, 0.3) is 0 Å². The Kier molecular flexibility index (Phi) is 5.98. The molecule has 0 spiro atoms. The lowest BCUT2D eigenvalue weighted by Gasteiger charge is -2.22. The number of carbonyl (C=O) groups excluding carboxylic acids is 2. The van der Waals surface area contributed by atoms with Crippen LogP contribution in [-0.4, -0.2) is 31.2 Å². The zero-order valence-electron chi connectivity index (χ0n) is 17.8. The molecule has 1 heterocycles. The van der Waals surface area contributed by atoms with Crippen LogP contribution in [0.15, 0.2) is 71.7 Å². The molecule has 7 heteroatoms. The number of rotatable bonds is 5. The second-order valence-electron chi connectivity index (χ2n) is 7.44. The summed E-state index contributed by atoms with van der Waals surface area (Å²) in [7, 11) is 1.59. The van der Waals surface area contributed by atoms with E-state index in [1.54, 1.807) is 44.4 Å². The van der Waals surface area contributed by atoms with Gasteiger partial charge < -0.3 is 15.0 Å². The third-order valence-corrected chi connectivity index (χ3v) is 5.23. The summed E-state index contributed by atoms with van der Waals surface area (Å²) < 4.78 is 19.0. The number of hydrogen-bond acceptors (Lipinski definition) is 4. The molecule has 2 amide bonds. The topological polar surface area (TPSA) is 71.0 Å². The Hall–Kier alpha value is -4.00. The van der Waals surface area contributed by atoms with Gasteiger partial charge in [-0.2, -0.15) is 0 Å². The number of fused-ring (bicyclic) bond motifs is 1. The van der Waals surface area contributed by atoms with Crippen molar-refractivity contribution in [1.82, 2.24) is 0 Å². The van der Waals surface area contributed by atoms with Gasteiger partial charge in [0.15, 0.2) is 0 Å². The first-order valence-corrected chi connectivity index (χ1v) is 10.1. The molecule has 32 heavy (non-hydrogen) atoms.